The van der Waals surface area contributed by atoms with E-state index in [1.807, 2.05) is 0 Å². The monoisotopic (exact) mass is 346 g/mol. The second kappa shape index (κ2) is 5.14. The largest absolute Gasteiger partial charge is 0.407 e. The van der Waals surface area contributed by atoms with Crippen molar-refractivity contribution in [3.63, 3.8) is 0 Å². The van der Waals surface area contributed by atoms with Gasteiger partial charge < -0.3 is 0 Å². The molecule has 1 aromatic rings. The van der Waals surface area contributed by atoms with Gasteiger partial charge in [0.25, 0.3) is 0 Å². The predicted octanol–water partition coefficient (Wildman–Crippen LogP) is 5.74. The van der Waals surface area contributed by atoms with E-state index in [1.165, 1.54) is 25.1 Å². The van der Waals surface area contributed by atoms with Crippen molar-refractivity contribution in [2.24, 2.45) is 17.8 Å². The molecule has 1 fully saturated rings. The molecule has 0 radical (unpaired) electrons. The summed E-state index contributed by atoms with van der Waals surface area (Å²) >= 11 is 0. The first kappa shape index (κ1) is 17.1. The smallest absolute Gasteiger partial charge is 0.170 e. The maximum absolute atomic E-state index is 14.0. The van der Waals surface area contributed by atoms with Crippen LogP contribution in [0.4, 0.5) is 26.3 Å². The van der Waals surface area contributed by atoms with Gasteiger partial charge in [0, 0.05) is 5.92 Å². The lowest BCUT2D eigenvalue weighted by Crippen LogP contribution is -2.56. The van der Waals surface area contributed by atoms with Gasteiger partial charge in [-0.2, -0.15) is 26.3 Å². The molecule has 0 nitrogen and oxygen atoms in total. The van der Waals surface area contributed by atoms with Crippen molar-refractivity contribution in [2.75, 3.05) is 0 Å². The normalized spacial score (nSPS) is 26.8. The first-order valence-corrected chi connectivity index (χ1v) is 7.57. The van der Waals surface area contributed by atoms with Crippen LogP contribution in [0, 0.1) is 24.7 Å². The molecule has 3 rings (SSSR count). The molecule has 130 valence electrons. The van der Waals surface area contributed by atoms with Crippen molar-refractivity contribution in [2.45, 2.75) is 31.6 Å². The Morgan fingerprint density at radius 1 is 0.917 bits per heavy atom. The lowest BCUT2D eigenvalue weighted by molar-refractivity contribution is -0.312. The van der Waals surface area contributed by atoms with Crippen LogP contribution in [0.2, 0.25) is 0 Å². The van der Waals surface area contributed by atoms with E-state index < -0.39 is 41.1 Å². The summed E-state index contributed by atoms with van der Waals surface area (Å²) in [5, 5.41) is 0. The number of aryl methyl sites for hydroxylation is 1. The molecule has 2 aliphatic carbocycles. The lowest BCUT2D eigenvalue weighted by atomic mass is 9.72. The molecule has 0 heterocycles. The molecular formula is C18H16F6. The number of hydrogen-bond donors (Lipinski definition) is 0. The highest BCUT2D eigenvalue weighted by molar-refractivity contribution is 5.43. The Bertz CT molecular complexity index is 693. The van der Waals surface area contributed by atoms with E-state index in [4.69, 9.17) is 0 Å². The Hall–Kier alpha value is -1.72. The van der Waals surface area contributed by atoms with Crippen molar-refractivity contribution in [3.05, 3.63) is 59.2 Å². The Kier molecular flexibility index (Phi) is 3.66. The summed E-state index contributed by atoms with van der Waals surface area (Å²) in [5.74, 6) is -3.02. The van der Waals surface area contributed by atoms with Crippen LogP contribution >= 0.6 is 0 Å². The fourth-order valence-electron chi connectivity index (χ4n) is 4.11. The summed E-state index contributed by atoms with van der Waals surface area (Å²) in [5.41, 5.74) is -3.64. The van der Waals surface area contributed by atoms with E-state index in [-0.39, 0.29) is 0 Å². The third-order valence-corrected chi connectivity index (χ3v) is 5.16. The third kappa shape index (κ3) is 2.22. The van der Waals surface area contributed by atoms with Crippen LogP contribution in [0.5, 0.6) is 0 Å². The molecule has 0 spiro atoms. The molecule has 2 aliphatic rings. The number of hydrogen-bond acceptors (Lipinski definition) is 0. The van der Waals surface area contributed by atoms with E-state index in [9.17, 15) is 26.3 Å². The fraction of sp³-hybridized carbons (Fsp3) is 0.444. The zero-order valence-corrected chi connectivity index (χ0v) is 13.0. The molecule has 0 aliphatic heterocycles. The van der Waals surface area contributed by atoms with Gasteiger partial charge in [0.1, 0.15) is 0 Å². The van der Waals surface area contributed by atoms with E-state index in [0.29, 0.717) is 11.1 Å². The van der Waals surface area contributed by atoms with Crippen molar-refractivity contribution < 1.29 is 26.3 Å². The Morgan fingerprint density at radius 2 is 1.54 bits per heavy atom. The van der Waals surface area contributed by atoms with Crippen molar-refractivity contribution >= 4 is 0 Å². The fourth-order valence-corrected chi connectivity index (χ4v) is 4.11. The highest BCUT2D eigenvalue weighted by Gasteiger charge is 2.81. The van der Waals surface area contributed by atoms with Crippen LogP contribution in [-0.2, 0) is 5.41 Å². The topological polar surface area (TPSA) is 0 Å². The summed E-state index contributed by atoms with van der Waals surface area (Å²) in [6.45, 7) is 3.08. The zero-order chi connectivity index (χ0) is 17.9. The van der Waals surface area contributed by atoms with Crippen LogP contribution in [0.15, 0.2) is 48.1 Å². The molecule has 0 aromatic heterocycles. The second-order valence-electron chi connectivity index (χ2n) is 6.60. The average Bonchev–Trinajstić information content (AvgIpc) is 3.12. The molecule has 3 unspecified atom stereocenters. The SMILES string of the molecule is CC1=CC=CC2C1C2C(c1cccc(C)c1)(C(F)(F)F)C(F)(F)F. The van der Waals surface area contributed by atoms with E-state index in [2.05, 4.69) is 0 Å². The van der Waals surface area contributed by atoms with Crippen molar-refractivity contribution in [3.8, 4) is 0 Å². The van der Waals surface area contributed by atoms with Crippen LogP contribution in [0.1, 0.15) is 18.1 Å². The maximum atomic E-state index is 14.0. The number of benzene rings is 1. The van der Waals surface area contributed by atoms with Crippen LogP contribution in [0.3, 0.4) is 0 Å². The van der Waals surface area contributed by atoms with Gasteiger partial charge in [0.15, 0.2) is 5.41 Å². The molecular weight excluding hydrogens is 330 g/mol. The zero-order valence-electron chi connectivity index (χ0n) is 13.0. The standard InChI is InChI=1S/C18H16F6/c1-10-5-3-7-12(9-10)16(17(19,20)21,18(22,23)24)15-13-8-4-6-11(2)14(13)15/h3-9,13-15H,1-2H3. The lowest BCUT2D eigenvalue weighted by Gasteiger charge is -2.39. The number of halogens is 6. The Labute approximate surface area is 135 Å². The molecule has 1 saturated carbocycles. The Balaban J connectivity index is 2.26. The predicted molar refractivity (Wildman–Crippen MR) is 78.3 cm³/mol. The van der Waals surface area contributed by atoms with Gasteiger partial charge in [-0.25, -0.2) is 0 Å². The average molecular weight is 346 g/mol. The van der Waals surface area contributed by atoms with Gasteiger partial charge in [-0.1, -0.05) is 53.6 Å². The number of rotatable bonds is 2. The first-order valence-electron chi connectivity index (χ1n) is 7.57. The highest BCUT2D eigenvalue weighted by Crippen LogP contribution is 2.70. The number of allylic oxidation sites excluding steroid dienone is 4. The van der Waals surface area contributed by atoms with Gasteiger partial charge in [-0.15, -0.1) is 0 Å². The molecule has 0 N–H and O–H groups in total. The van der Waals surface area contributed by atoms with Crippen molar-refractivity contribution in [1.29, 1.82) is 0 Å². The molecule has 24 heavy (non-hydrogen) atoms. The van der Waals surface area contributed by atoms with Crippen LogP contribution in [-0.4, -0.2) is 12.4 Å². The first-order chi connectivity index (χ1) is 11.0. The summed E-state index contributed by atoms with van der Waals surface area (Å²) in [7, 11) is 0. The molecule has 0 saturated heterocycles. The molecule has 0 bridgehead atoms. The summed E-state index contributed by atoms with van der Waals surface area (Å²) in [6.07, 6.45) is -6.27. The molecule has 3 atom stereocenters. The van der Waals surface area contributed by atoms with E-state index in [1.54, 1.807) is 19.1 Å². The number of alkyl halides is 6. The van der Waals surface area contributed by atoms with E-state index in [0.717, 1.165) is 12.1 Å². The van der Waals surface area contributed by atoms with Gasteiger partial charge in [-0.3, -0.25) is 0 Å². The third-order valence-electron chi connectivity index (χ3n) is 5.16. The van der Waals surface area contributed by atoms with Crippen LogP contribution in [0.25, 0.3) is 0 Å². The van der Waals surface area contributed by atoms with Gasteiger partial charge in [-0.05, 0) is 31.2 Å². The molecule has 1 aromatic carbocycles. The highest BCUT2D eigenvalue weighted by atomic mass is 19.4. The molecule has 6 heteroatoms. The number of fused-ring (bicyclic) bond motifs is 1. The summed E-state index contributed by atoms with van der Waals surface area (Å²) in [4.78, 5) is 0. The van der Waals surface area contributed by atoms with Crippen molar-refractivity contribution in [1.82, 2.24) is 0 Å². The van der Waals surface area contributed by atoms with Crippen LogP contribution < -0.4 is 0 Å². The van der Waals surface area contributed by atoms with E-state index >= 15 is 0 Å². The second-order valence-corrected chi connectivity index (χ2v) is 6.60. The Morgan fingerprint density at radius 3 is 2.04 bits per heavy atom. The van der Waals surface area contributed by atoms with Gasteiger partial charge in [0.2, 0.25) is 0 Å². The quantitative estimate of drug-likeness (QED) is 0.600. The minimum atomic E-state index is -5.44. The minimum Gasteiger partial charge on any atom is -0.170 e. The summed E-state index contributed by atoms with van der Waals surface area (Å²) < 4.78 is 83.9. The minimum absolute atomic E-state index is 0.372. The summed E-state index contributed by atoms with van der Waals surface area (Å²) in [6, 6.07) is 4.70. The van der Waals surface area contributed by atoms with Gasteiger partial charge >= 0.3 is 12.4 Å². The van der Waals surface area contributed by atoms with Gasteiger partial charge in [0.05, 0.1) is 0 Å². The molecule has 0 amide bonds. The maximum Gasteiger partial charge on any atom is 0.407 e.